The van der Waals surface area contributed by atoms with Gasteiger partial charge in [-0.1, -0.05) is 48.5 Å². The van der Waals surface area contributed by atoms with Gasteiger partial charge in [-0.3, -0.25) is 19.6 Å². The van der Waals surface area contributed by atoms with E-state index in [1.54, 1.807) is 0 Å². The van der Waals surface area contributed by atoms with Gasteiger partial charge in [0.2, 0.25) is 0 Å². The highest BCUT2D eigenvalue weighted by atomic mass is 16.5. The number of aromatic nitrogens is 2. The zero-order valence-corrected chi connectivity index (χ0v) is 18.5. The van der Waals surface area contributed by atoms with Crippen LogP contribution in [0.3, 0.4) is 0 Å². The average molecular weight is 464 g/mol. The molecule has 4 rings (SSSR count). The first-order chi connectivity index (χ1) is 16.4. The number of aliphatic hydroxyl groups is 1. The van der Waals surface area contributed by atoms with Gasteiger partial charge in [0.15, 0.2) is 0 Å². The summed E-state index contributed by atoms with van der Waals surface area (Å²) in [5, 5.41) is 24.8. The SMILES string of the molecule is Cn1ncc(NC(=O)OCC2c3ccccc3-c3ccccc32)c1C(=O)N(CCO)CC(=O)O. The summed E-state index contributed by atoms with van der Waals surface area (Å²) in [6.07, 6.45) is 0.517. The van der Waals surface area contributed by atoms with E-state index in [2.05, 4.69) is 10.4 Å². The molecule has 0 spiro atoms. The lowest BCUT2D eigenvalue weighted by Gasteiger charge is -2.20. The lowest BCUT2D eigenvalue weighted by Crippen LogP contribution is -2.39. The molecule has 0 atom stereocenters. The van der Waals surface area contributed by atoms with Crippen molar-refractivity contribution >= 4 is 23.7 Å². The summed E-state index contributed by atoms with van der Waals surface area (Å²) in [6, 6.07) is 15.9. The Morgan fingerprint density at radius 2 is 1.71 bits per heavy atom. The van der Waals surface area contributed by atoms with Crippen molar-refractivity contribution in [1.82, 2.24) is 14.7 Å². The Hall–Kier alpha value is -4.18. The molecule has 3 aromatic rings. The van der Waals surface area contributed by atoms with Crippen LogP contribution in [0.1, 0.15) is 27.5 Å². The Morgan fingerprint density at radius 3 is 2.29 bits per heavy atom. The van der Waals surface area contributed by atoms with Crippen LogP contribution in [0.4, 0.5) is 10.5 Å². The molecule has 0 radical (unpaired) electrons. The van der Waals surface area contributed by atoms with Gasteiger partial charge in [-0.2, -0.15) is 5.10 Å². The summed E-state index contributed by atoms with van der Waals surface area (Å²) in [6.45, 7) is -1.10. The standard InChI is InChI=1S/C24H24N4O6/c1-27-22(23(32)28(10-11-29)13-21(30)31)20(12-25-27)26-24(33)34-14-19-17-8-4-2-6-15(17)16-7-3-5-9-18(16)19/h2-9,12,19,29H,10-11,13-14H2,1H3,(H,26,33)(H,30,31). The quantitative estimate of drug-likeness (QED) is 0.466. The normalized spacial score (nSPS) is 12.1. The first kappa shape index (κ1) is 23.0. The number of nitrogens with zero attached hydrogens (tertiary/aromatic N) is 3. The number of carboxylic acids is 1. The highest BCUT2D eigenvalue weighted by molar-refractivity contribution is 6.02. The van der Waals surface area contributed by atoms with Crippen LogP contribution < -0.4 is 5.32 Å². The molecule has 0 saturated carbocycles. The van der Waals surface area contributed by atoms with E-state index in [0.717, 1.165) is 27.2 Å². The van der Waals surface area contributed by atoms with E-state index >= 15 is 0 Å². The number of aliphatic hydroxyl groups excluding tert-OH is 1. The monoisotopic (exact) mass is 464 g/mol. The highest BCUT2D eigenvalue weighted by Crippen LogP contribution is 2.44. The number of amides is 2. The van der Waals surface area contributed by atoms with Gasteiger partial charge < -0.3 is 19.8 Å². The van der Waals surface area contributed by atoms with Crippen molar-refractivity contribution in [3.8, 4) is 11.1 Å². The number of carbonyl (C=O) groups is 3. The second kappa shape index (κ2) is 9.75. The number of ether oxygens (including phenoxy) is 1. The summed E-state index contributed by atoms with van der Waals surface area (Å²) in [5.41, 5.74) is 4.41. The first-order valence-corrected chi connectivity index (χ1v) is 10.7. The first-order valence-electron chi connectivity index (χ1n) is 10.7. The number of fused-ring (bicyclic) bond motifs is 3. The summed E-state index contributed by atoms with van der Waals surface area (Å²) in [7, 11) is 1.49. The molecule has 10 nitrogen and oxygen atoms in total. The van der Waals surface area contributed by atoms with E-state index in [1.165, 1.54) is 17.9 Å². The van der Waals surface area contributed by atoms with E-state index in [-0.39, 0.29) is 30.5 Å². The molecule has 3 N–H and O–H groups in total. The summed E-state index contributed by atoms with van der Waals surface area (Å²) in [4.78, 5) is 37.6. The molecule has 1 heterocycles. The number of aliphatic carboxylic acids is 1. The lowest BCUT2D eigenvalue weighted by atomic mass is 9.98. The third kappa shape index (κ3) is 4.48. The number of aryl methyl sites for hydroxylation is 1. The number of anilines is 1. The molecule has 1 aliphatic rings. The van der Waals surface area contributed by atoms with Crippen molar-refractivity contribution in [2.45, 2.75) is 5.92 Å². The Bertz CT molecular complexity index is 1190. The topological polar surface area (TPSA) is 134 Å². The third-order valence-electron chi connectivity index (χ3n) is 5.71. The Morgan fingerprint density at radius 1 is 1.09 bits per heavy atom. The molecule has 176 valence electrons. The van der Waals surface area contributed by atoms with Gasteiger partial charge in [-0.05, 0) is 22.3 Å². The number of carboxylic acid groups (broad SMARTS) is 1. The molecular formula is C24H24N4O6. The Labute approximate surface area is 195 Å². The third-order valence-corrected chi connectivity index (χ3v) is 5.71. The van der Waals surface area contributed by atoms with Crippen molar-refractivity contribution in [2.75, 3.05) is 31.6 Å². The van der Waals surface area contributed by atoms with Crippen LogP contribution >= 0.6 is 0 Å². The second-order valence-corrected chi connectivity index (χ2v) is 7.83. The van der Waals surface area contributed by atoms with E-state index < -0.39 is 31.1 Å². The smallest absolute Gasteiger partial charge is 0.411 e. The molecule has 34 heavy (non-hydrogen) atoms. The molecule has 0 fully saturated rings. The van der Waals surface area contributed by atoms with Crippen LogP contribution in [0.15, 0.2) is 54.7 Å². The highest BCUT2D eigenvalue weighted by Gasteiger charge is 2.30. The van der Waals surface area contributed by atoms with Crippen molar-refractivity contribution in [3.63, 3.8) is 0 Å². The van der Waals surface area contributed by atoms with Crippen LogP contribution in [0, 0.1) is 0 Å². The van der Waals surface area contributed by atoms with Crippen LogP contribution in [0.25, 0.3) is 11.1 Å². The van der Waals surface area contributed by atoms with Crippen LogP contribution in [0.2, 0.25) is 0 Å². The predicted molar refractivity (Wildman–Crippen MR) is 123 cm³/mol. The van der Waals surface area contributed by atoms with Gasteiger partial charge in [0, 0.05) is 19.5 Å². The molecule has 0 bridgehead atoms. The molecule has 1 aromatic heterocycles. The van der Waals surface area contributed by atoms with E-state index in [9.17, 15) is 19.5 Å². The predicted octanol–water partition coefficient (Wildman–Crippen LogP) is 2.30. The van der Waals surface area contributed by atoms with Crippen molar-refractivity contribution < 1.29 is 29.3 Å². The zero-order valence-electron chi connectivity index (χ0n) is 18.5. The van der Waals surface area contributed by atoms with E-state index in [1.807, 2.05) is 48.5 Å². The number of hydrogen-bond acceptors (Lipinski definition) is 6. The minimum absolute atomic E-state index is 0.0248. The molecule has 2 aromatic carbocycles. The van der Waals surface area contributed by atoms with Gasteiger partial charge in [0.25, 0.3) is 5.91 Å². The molecular weight excluding hydrogens is 440 g/mol. The maximum atomic E-state index is 12.9. The lowest BCUT2D eigenvalue weighted by molar-refractivity contribution is -0.137. The fourth-order valence-corrected chi connectivity index (χ4v) is 4.21. The van der Waals surface area contributed by atoms with E-state index in [0.29, 0.717) is 0 Å². The molecule has 0 saturated heterocycles. The molecule has 0 unspecified atom stereocenters. The number of rotatable bonds is 8. The van der Waals surface area contributed by atoms with Crippen LogP contribution in [-0.4, -0.2) is 69.2 Å². The number of benzene rings is 2. The second-order valence-electron chi connectivity index (χ2n) is 7.83. The molecule has 0 aliphatic heterocycles. The minimum atomic E-state index is -1.23. The minimum Gasteiger partial charge on any atom is -0.480 e. The number of nitrogens with one attached hydrogen (secondary N) is 1. The van der Waals surface area contributed by atoms with Gasteiger partial charge >= 0.3 is 12.1 Å². The van der Waals surface area contributed by atoms with Gasteiger partial charge in [-0.25, -0.2) is 4.79 Å². The van der Waals surface area contributed by atoms with Crippen LogP contribution in [-0.2, 0) is 16.6 Å². The zero-order chi connectivity index (χ0) is 24.2. The fraction of sp³-hybridized carbons (Fsp3) is 0.250. The van der Waals surface area contributed by atoms with Crippen molar-refractivity contribution in [2.24, 2.45) is 7.05 Å². The van der Waals surface area contributed by atoms with Gasteiger partial charge in [-0.15, -0.1) is 0 Å². The number of hydrogen-bond donors (Lipinski definition) is 3. The summed E-state index contributed by atoms with van der Waals surface area (Å²) >= 11 is 0. The Balaban J connectivity index is 1.48. The molecule has 2 amide bonds. The Kier molecular flexibility index (Phi) is 6.60. The summed E-state index contributed by atoms with van der Waals surface area (Å²) in [5.74, 6) is -2.04. The fourth-order valence-electron chi connectivity index (χ4n) is 4.21. The largest absolute Gasteiger partial charge is 0.480 e. The van der Waals surface area contributed by atoms with Gasteiger partial charge in [0.1, 0.15) is 18.8 Å². The molecule has 10 heteroatoms. The van der Waals surface area contributed by atoms with Crippen molar-refractivity contribution in [3.05, 3.63) is 71.5 Å². The maximum absolute atomic E-state index is 12.9. The number of carbonyl (C=O) groups excluding carboxylic acids is 2. The summed E-state index contributed by atoms with van der Waals surface area (Å²) < 4.78 is 6.74. The maximum Gasteiger partial charge on any atom is 0.411 e. The van der Waals surface area contributed by atoms with Gasteiger partial charge in [0.05, 0.1) is 18.5 Å². The van der Waals surface area contributed by atoms with Crippen molar-refractivity contribution in [1.29, 1.82) is 0 Å². The molecule has 1 aliphatic carbocycles. The average Bonchev–Trinajstić information content (AvgIpc) is 3.34. The van der Waals surface area contributed by atoms with E-state index in [4.69, 9.17) is 9.84 Å². The van der Waals surface area contributed by atoms with Crippen LogP contribution in [0.5, 0.6) is 0 Å².